The Hall–Kier alpha value is -3.82. The molecule has 1 aliphatic heterocycles. The topological polar surface area (TPSA) is 87.0 Å². The second-order valence-corrected chi connectivity index (χ2v) is 11.1. The molecule has 0 amide bonds. The Morgan fingerprint density at radius 2 is 1.62 bits per heavy atom. The number of aliphatic carboxylic acids is 1. The van der Waals surface area contributed by atoms with Gasteiger partial charge in [-0.15, -0.1) is 5.10 Å². The molecule has 0 aromatic heterocycles. The zero-order valence-corrected chi connectivity index (χ0v) is 28.8. The van der Waals surface area contributed by atoms with Crippen molar-refractivity contribution in [1.82, 2.24) is 9.80 Å². The molecule has 3 rings (SSSR count). The second kappa shape index (κ2) is 24.5. The zero-order chi connectivity index (χ0) is 33.3. The van der Waals surface area contributed by atoms with E-state index in [9.17, 15) is 4.79 Å². The lowest BCUT2D eigenvalue weighted by Gasteiger charge is -2.27. The SMILES string of the molecule is C=C(C)C(=O)O.CC.CC/C=C\C=C/CN1CC(c2ccc(OCCCN(C)C)cc2)=NN=C1CSCCOc1ccccc1. The van der Waals surface area contributed by atoms with Crippen molar-refractivity contribution in [1.29, 1.82) is 0 Å². The van der Waals surface area contributed by atoms with Crippen molar-refractivity contribution in [3.63, 3.8) is 0 Å². The molecule has 0 spiro atoms. The monoisotopic (exact) mass is 636 g/mol. The van der Waals surface area contributed by atoms with E-state index in [1.807, 2.05) is 68.1 Å². The largest absolute Gasteiger partial charge is 0.494 e. The number of hydrogen-bond acceptors (Lipinski definition) is 8. The standard InChI is InChI=1S/C30H40N4O2S.C4H6O2.C2H6/c1-4-5-6-7-11-20-34-24-29(26-15-17-28(18-16-26)35-21-12-19-33(2)3)31-32-30(34)25-37-23-22-36-27-13-9-8-10-14-27;1-3(2)4(5)6;1-2/h5-11,13-18H,4,12,19-25H2,1-3H3;1H2,2H3,(H,5,6);1-2H3/b6-5-,11-7-;;. The predicted octanol–water partition coefficient (Wildman–Crippen LogP) is 7.44. The molecule has 0 saturated carbocycles. The summed E-state index contributed by atoms with van der Waals surface area (Å²) in [4.78, 5) is 14.1. The van der Waals surface area contributed by atoms with Gasteiger partial charge >= 0.3 is 5.97 Å². The minimum atomic E-state index is -0.935. The van der Waals surface area contributed by atoms with Crippen LogP contribution in [-0.4, -0.2) is 90.9 Å². The maximum absolute atomic E-state index is 9.60. The molecule has 45 heavy (non-hydrogen) atoms. The van der Waals surface area contributed by atoms with Gasteiger partial charge in [0.2, 0.25) is 0 Å². The molecule has 0 atom stereocenters. The molecule has 0 bridgehead atoms. The number of rotatable bonds is 17. The highest BCUT2D eigenvalue weighted by Gasteiger charge is 2.19. The van der Waals surface area contributed by atoms with E-state index in [1.54, 1.807) is 0 Å². The van der Waals surface area contributed by atoms with Gasteiger partial charge in [-0.2, -0.15) is 16.9 Å². The van der Waals surface area contributed by atoms with Crippen LogP contribution in [-0.2, 0) is 4.79 Å². The van der Waals surface area contributed by atoms with Crippen LogP contribution in [0.15, 0.2) is 101 Å². The summed E-state index contributed by atoms with van der Waals surface area (Å²) in [5.41, 5.74) is 2.22. The summed E-state index contributed by atoms with van der Waals surface area (Å²) in [7, 11) is 4.15. The van der Waals surface area contributed by atoms with Crippen molar-refractivity contribution in [2.75, 3.05) is 58.4 Å². The smallest absolute Gasteiger partial charge is 0.330 e. The summed E-state index contributed by atoms with van der Waals surface area (Å²) in [6, 6.07) is 18.1. The molecular formula is C36H52N4O4S. The fourth-order valence-electron chi connectivity index (χ4n) is 3.62. The number of amidine groups is 1. The summed E-state index contributed by atoms with van der Waals surface area (Å²) >= 11 is 1.82. The van der Waals surface area contributed by atoms with E-state index in [2.05, 4.69) is 84.0 Å². The number of carboxylic acids is 1. The van der Waals surface area contributed by atoms with Crippen LogP contribution in [0.3, 0.4) is 0 Å². The van der Waals surface area contributed by atoms with Crippen LogP contribution in [0.25, 0.3) is 0 Å². The average Bonchev–Trinajstić information content (AvgIpc) is 3.05. The summed E-state index contributed by atoms with van der Waals surface area (Å²) in [5.74, 6) is 3.55. The highest BCUT2D eigenvalue weighted by Crippen LogP contribution is 2.17. The fraction of sp³-hybridized carbons (Fsp3) is 0.417. The van der Waals surface area contributed by atoms with Crippen LogP contribution in [0.5, 0.6) is 11.5 Å². The van der Waals surface area contributed by atoms with Crippen molar-refractivity contribution >= 4 is 29.3 Å². The molecule has 8 nitrogen and oxygen atoms in total. The highest BCUT2D eigenvalue weighted by atomic mass is 32.2. The van der Waals surface area contributed by atoms with Gasteiger partial charge < -0.3 is 24.4 Å². The van der Waals surface area contributed by atoms with Crippen molar-refractivity contribution < 1.29 is 19.4 Å². The highest BCUT2D eigenvalue weighted by molar-refractivity contribution is 7.99. The third-order valence-corrected chi connectivity index (χ3v) is 6.90. The zero-order valence-electron chi connectivity index (χ0n) is 27.9. The third kappa shape index (κ3) is 17.9. The minimum absolute atomic E-state index is 0.176. The van der Waals surface area contributed by atoms with Crippen LogP contribution in [0, 0.1) is 0 Å². The Morgan fingerprint density at radius 1 is 1.00 bits per heavy atom. The first kappa shape index (κ1) is 39.2. The number of allylic oxidation sites excluding steroid dienone is 3. The molecule has 0 saturated heterocycles. The van der Waals surface area contributed by atoms with E-state index >= 15 is 0 Å². The van der Waals surface area contributed by atoms with Gasteiger partial charge in [0.1, 0.15) is 17.3 Å². The lowest BCUT2D eigenvalue weighted by molar-refractivity contribution is -0.132. The van der Waals surface area contributed by atoms with Crippen molar-refractivity contribution in [2.45, 2.75) is 40.5 Å². The van der Waals surface area contributed by atoms with Gasteiger partial charge in [0.25, 0.3) is 0 Å². The van der Waals surface area contributed by atoms with E-state index < -0.39 is 5.97 Å². The van der Waals surface area contributed by atoms with Gasteiger partial charge in [0, 0.05) is 24.4 Å². The Bertz CT molecular complexity index is 1210. The van der Waals surface area contributed by atoms with Gasteiger partial charge in [-0.3, -0.25) is 0 Å². The quantitative estimate of drug-likeness (QED) is 0.110. The van der Waals surface area contributed by atoms with Crippen LogP contribution in [0.2, 0.25) is 0 Å². The van der Waals surface area contributed by atoms with Crippen LogP contribution >= 0.6 is 11.8 Å². The lowest BCUT2D eigenvalue weighted by Crippen LogP contribution is -2.40. The molecular weight excluding hydrogens is 584 g/mol. The van der Waals surface area contributed by atoms with Crippen LogP contribution < -0.4 is 9.47 Å². The number of para-hydroxylation sites is 1. The maximum atomic E-state index is 9.60. The van der Waals surface area contributed by atoms with Crippen molar-refractivity contribution in [3.05, 3.63) is 96.6 Å². The molecule has 0 unspecified atom stereocenters. The Labute approximate surface area is 275 Å². The van der Waals surface area contributed by atoms with Gasteiger partial charge in [0.05, 0.1) is 31.2 Å². The van der Waals surface area contributed by atoms with Gasteiger partial charge in [0.15, 0.2) is 0 Å². The predicted molar refractivity (Wildman–Crippen MR) is 192 cm³/mol. The second-order valence-electron chi connectivity index (χ2n) is 10.0. The molecule has 9 heteroatoms. The molecule has 0 aliphatic carbocycles. The normalized spacial score (nSPS) is 12.6. The molecule has 2 aromatic carbocycles. The summed E-state index contributed by atoms with van der Waals surface area (Å²) in [5, 5.41) is 17.1. The summed E-state index contributed by atoms with van der Waals surface area (Å²) < 4.78 is 11.7. The number of thioether (sulfide) groups is 1. The Kier molecular flexibility index (Phi) is 21.3. The van der Waals surface area contributed by atoms with Crippen molar-refractivity contribution in [3.8, 4) is 11.5 Å². The van der Waals surface area contributed by atoms with E-state index in [4.69, 9.17) is 14.6 Å². The maximum Gasteiger partial charge on any atom is 0.330 e. The van der Waals surface area contributed by atoms with Crippen LogP contribution in [0.1, 0.15) is 46.1 Å². The summed E-state index contributed by atoms with van der Waals surface area (Å²) in [6.45, 7) is 14.7. The molecule has 1 N–H and O–H groups in total. The molecule has 0 fully saturated rings. The van der Waals surface area contributed by atoms with E-state index in [0.717, 1.165) is 72.6 Å². The number of hydrogen-bond donors (Lipinski definition) is 1. The van der Waals surface area contributed by atoms with Crippen LogP contribution in [0.4, 0.5) is 0 Å². The van der Waals surface area contributed by atoms with E-state index in [0.29, 0.717) is 13.2 Å². The average molecular weight is 637 g/mol. The van der Waals surface area contributed by atoms with E-state index in [-0.39, 0.29) is 5.57 Å². The third-order valence-electron chi connectivity index (χ3n) is 5.98. The number of nitrogens with zero attached hydrogens (tertiary/aromatic N) is 4. The van der Waals surface area contributed by atoms with Gasteiger partial charge in [-0.1, -0.05) is 69.9 Å². The Morgan fingerprint density at radius 3 is 2.24 bits per heavy atom. The van der Waals surface area contributed by atoms with E-state index in [1.165, 1.54) is 6.92 Å². The molecule has 246 valence electrons. The number of carboxylic acid groups (broad SMARTS) is 1. The molecule has 2 aromatic rings. The van der Waals surface area contributed by atoms with Crippen molar-refractivity contribution in [2.24, 2.45) is 10.2 Å². The number of ether oxygens (including phenoxy) is 2. The number of benzene rings is 2. The number of carbonyl (C=O) groups is 1. The molecule has 0 radical (unpaired) electrons. The van der Waals surface area contributed by atoms with Gasteiger partial charge in [-0.25, -0.2) is 4.79 Å². The Balaban J connectivity index is 0.00000113. The summed E-state index contributed by atoms with van der Waals surface area (Å²) in [6.07, 6.45) is 10.6. The minimum Gasteiger partial charge on any atom is -0.494 e. The first-order valence-corrected chi connectivity index (χ1v) is 16.7. The molecule has 1 heterocycles. The fourth-order valence-corrected chi connectivity index (χ4v) is 4.39. The lowest BCUT2D eigenvalue weighted by atomic mass is 10.1. The molecule has 1 aliphatic rings. The first-order chi connectivity index (χ1) is 21.8. The first-order valence-electron chi connectivity index (χ1n) is 15.5. The van der Waals surface area contributed by atoms with Gasteiger partial charge in [-0.05, 0) is 75.8 Å².